The Morgan fingerprint density at radius 1 is 1.07 bits per heavy atom. The highest BCUT2D eigenvalue weighted by molar-refractivity contribution is 6.37. The number of morpholine rings is 1. The standard InChI is InChI=1S/C19H18Cl2N2O4/c1-26-19(25)15-11-13(23-6-8-27-9-7-23)3-5-17(15)22-18(24)14-4-2-12(20)10-16(14)21/h2-5,10-11H,6-9H2,1H3,(H,22,24). The molecule has 0 aromatic heterocycles. The zero-order valence-corrected chi connectivity index (χ0v) is 16.1. The molecule has 1 N–H and O–H groups in total. The number of methoxy groups -OCH3 is 1. The van der Waals surface area contributed by atoms with Gasteiger partial charge in [-0.25, -0.2) is 4.79 Å². The fourth-order valence-electron chi connectivity index (χ4n) is 2.80. The quantitative estimate of drug-likeness (QED) is 0.777. The highest BCUT2D eigenvalue weighted by atomic mass is 35.5. The largest absolute Gasteiger partial charge is 0.465 e. The number of halogens is 2. The Kier molecular flexibility index (Phi) is 6.21. The molecular weight excluding hydrogens is 391 g/mol. The molecule has 1 fully saturated rings. The number of esters is 1. The number of carbonyl (C=O) groups is 2. The molecule has 8 heteroatoms. The zero-order chi connectivity index (χ0) is 19.4. The van der Waals surface area contributed by atoms with Crippen LogP contribution in [0.15, 0.2) is 36.4 Å². The number of carbonyl (C=O) groups excluding carboxylic acids is 2. The Hall–Kier alpha value is -2.28. The third-order valence-corrected chi connectivity index (χ3v) is 4.76. The van der Waals surface area contributed by atoms with Crippen LogP contribution in [0.5, 0.6) is 0 Å². The average molecular weight is 409 g/mol. The van der Waals surface area contributed by atoms with Crippen molar-refractivity contribution in [2.45, 2.75) is 0 Å². The van der Waals surface area contributed by atoms with Crippen molar-refractivity contribution in [3.63, 3.8) is 0 Å². The second kappa shape index (κ2) is 8.61. The van der Waals surface area contributed by atoms with E-state index < -0.39 is 11.9 Å². The van der Waals surface area contributed by atoms with E-state index in [1.165, 1.54) is 19.2 Å². The molecule has 0 radical (unpaired) electrons. The van der Waals surface area contributed by atoms with Gasteiger partial charge in [-0.1, -0.05) is 23.2 Å². The third kappa shape index (κ3) is 4.53. The lowest BCUT2D eigenvalue weighted by molar-refractivity contribution is 0.0602. The molecule has 1 aliphatic rings. The lowest BCUT2D eigenvalue weighted by atomic mass is 10.1. The van der Waals surface area contributed by atoms with Crippen molar-refractivity contribution in [3.8, 4) is 0 Å². The number of hydrogen-bond donors (Lipinski definition) is 1. The van der Waals surface area contributed by atoms with Gasteiger partial charge in [0.05, 0.1) is 42.2 Å². The van der Waals surface area contributed by atoms with E-state index in [-0.39, 0.29) is 16.1 Å². The summed E-state index contributed by atoms with van der Waals surface area (Å²) in [6.45, 7) is 2.71. The van der Waals surface area contributed by atoms with Crippen LogP contribution in [0, 0.1) is 0 Å². The fraction of sp³-hybridized carbons (Fsp3) is 0.263. The first-order chi connectivity index (χ1) is 13.0. The predicted octanol–water partition coefficient (Wildman–Crippen LogP) is 3.87. The maximum atomic E-state index is 12.6. The molecule has 0 unspecified atom stereocenters. The highest BCUT2D eigenvalue weighted by Crippen LogP contribution is 2.27. The first kappa shape index (κ1) is 19.5. The average Bonchev–Trinajstić information content (AvgIpc) is 2.68. The van der Waals surface area contributed by atoms with E-state index in [0.29, 0.717) is 23.9 Å². The Labute approximate surface area is 167 Å². The van der Waals surface area contributed by atoms with Crippen molar-refractivity contribution in [1.29, 1.82) is 0 Å². The molecule has 1 saturated heterocycles. The molecule has 1 heterocycles. The van der Waals surface area contributed by atoms with Crippen LogP contribution in [-0.4, -0.2) is 45.3 Å². The number of nitrogens with one attached hydrogen (secondary N) is 1. The van der Waals surface area contributed by atoms with Crippen LogP contribution >= 0.6 is 23.2 Å². The van der Waals surface area contributed by atoms with Crippen LogP contribution in [-0.2, 0) is 9.47 Å². The van der Waals surface area contributed by atoms with Crippen LogP contribution in [0.1, 0.15) is 20.7 Å². The molecule has 0 aliphatic carbocycles. The minimum absolute atomic E-state index is 0.226. The van der Waals surface area contributed by atoms with E-state index in [1.807, 2.05) is 6.07 Å². The minimum Gasteiger partial charge on any atom is -0.465 e. The van der Waals surface area contributed by atoms with Gasteiger partial charge in [0, 0.05) is 23.8 Å². The van der Waals surface area contributed by atoms with Gasteiger partial charge in [0.25, 0.3) is 5.91 Å². The van der Waals surface area contributed by atoms with Gasteiger partial charge in [0.15, 0.2) is 0 Å². The first-order valence-corrected chi connectivity index (χ1v) is 9.06. The number of nitrogens with zero attached hydrogens (tertiary/aromatic N) is 1. The van der Waals surface area contributed by atoms with Gasteiger partial charge >= 0.3 is 5.97 Å². The molecule has 2 aromatic carbocycles. The minimum atomic E-state index is -0.539. The summed E-state index contributed by atoms with van der Waals surface area (Å²) in [5.74, 6) is -0.983. The molecule has 0 saturated carbocycles. The van der Waals surface area contributed by atoms with Crippen molar-refractivity contribution < 1.29 is 19.1 Å². The molecule has 0 atom stereocenters. The van der Waals surface area contributed by atoms with Crippen molar-refractivity contribution in [2.24, 2.45) is 0 Å². The topological polar surface area (TPSA) is 67.9 Å². The smallest absolute Gasteiger partial charge is 0.340 e. The van der Waals surface area contributed by atoms with Gasteiger partial charge < -0.3 is 19.7 Å². The summed E-state index contributed by atoms with van der Waals surface area (Å²) in [5, 5.41) is 3.38. The van der Waals surface area contributed by atoms with E-state index >= 15 is 0 Å². The van der Waals surface area contributed by atoms with Crippen LogP contribution in [0.25, 0.3) is 0 Å². The van der Waals surface area contributed by atoms with Gasteiger partial charge in [0.2, 0.25) is 0 Å². The van der Waals surface area contributed by atoms with Gasteiger partial charge in [-0.3, -0.25) is 4.79 Å². The van der Waals surface area contributed by atoms with Gasteiger partial charge in [-0.15, -0.1) is 0 Å². The number of anilines is 2. The molecule has 27 heavy (non-hydrogen) atoms. The molecule has 2 aromatic rings. The fourth-order valence-corrected chi connectivity index (χ4v) is 3.30. The van der Waals surface area contributed by atoms with E-state index in [1.54, 1.807) is 18.2 Å². The summed E-state index contributed by atoms with van der Waals surface area (Å²) in [4.78, 5) is 26.9. The molecule has 142 valence electrons. The molecule has 3 rings (SSSR count). The molecule has 1 aliphatic heterocycles. The van der Waals surface area contributed by atoms with E-state index in [4.69, 9.17) is 32.7 Å². The number of hydrogen-bond acceptors (Lipinski definition) is 5. The van der Waals surface area contributed by atoms with Crippen molar-refractivity contribution >= 4 is 46.5 Å². The molecule has 0 spiro atoms. The van der Waals surface area contributed by atoms with Gasteiger partial charge in [0.1, 0.15) is 0 Å². The first-order valence-electron chi connectivity index (χ1n) is 8.31. The monoisotopic (exact) mass is 408 g/mol. The lowest BCUT2D eigenvalue weighted by Crippen LogP contribution is -2.36. The third-order valence-electron chi connectivity index (χ3n) is 4.21. The maximum Gasteiger partial charge on any atom is 0.340 e. The highest BCUT2D eigenvalue weighted by Gasteiger charge is 2.20. The SMILES string of the molecule is COC(=O)c1cc(N2CCOCC2)ccc1NC(=O)c1ccc(Cl)cc1Cl. The number of benzene rings is 2. The van der Waals surface area contributed by atoms with E-state index in [2.05, 4.69) is 10.2 Å². The lowest BCUT2D eigenvalue weighted by Gasteiger charge is -2.29. The van der Waals surface area contributed by atoms with E-state index in [9.17, 15) is 9.59 Å². The summed E-state index contributed by atoms with van der Waals surface area (Å²) < 4.78 is 10.2. The van der Waals surface area contributed by atoms with E-state index in [0.717, 1.165) is 18.8 Å². The number of amides is 1. The summed E-state index contributed by atoms with van der Waals surface area (Å²) in [6.07, 6.45) is 0. The Bertz CT molecular complexity index is 867. The van der Waals surface area contributed by atoms with Gasteiger partial charge in [-0.05, 0) is 36.4 Å². The van der Waals surface area contributed by atoms with Crippen molar-refractivity contribution in [2.75, 3.05) is 43.6 Å². The summed E-state index contributed by atoms with van der Waals surface area (Å²) in [7, 11) is 1.30. The Morgan fingerprint density at radius 3 is 2.48 bits per heavy atom. The van der Waals surface area contributed by atoms with Crippen LogP contribution < -0.4 is 10.2 Å². The van der Waals surface area contributed by atoms with Crippen LogP contribution in [0.4, 0.5) is 11.4 Å². The molecule has 6 nitrogen and oxygen atoms in total. The second-order valence-corrected chi connectivity index (χ2v) is 6.74. The normalized spacial score (nSPS) is 14.0. The maximum absolute atomic E-state index is 12.6. The summed E-state index contributed by atoms with van der Waals surface area (Å²) in [5.41, 5.74) is 1.73. The predicted molar refractivity (Wildman–Crippen MR) is 105 cm³/mol. The molecule has 0 bridgehead atoms. The van der Waals surface area contributed by atoms with Crippen LogP contribution in [0.2, 0.25) is 10.0 Å². The van der Waals surface area contributed by atoms with Crippen molar-refractivity contribution in [1.82, 2.24) is 0 Å². The Morgan fingerprint density at radius 2 is 1.81 bits per heavy atom. The number of rotatable bonds is 4. The second-order valence-electron chi connectivity index (χ2n) is 5.90. The summed E-state index contributed by atoms with van der Waals surface area (Å²) in [6, 6.07) is 9.82. The van der Waals surface area contributed by atoms with Gasteiger partial charge in [-0.2, -0.15) is 0 Å². The Balaban J connectivity index is 1.89. The van der Waals surface area contributed by atoms with Crippen molar-refractivity contribution in [3.05, 3.63) is 57.6 Å². The number of ether oxygens (including phenoxy) is 2. The molecular formula is C19H18Cl2N2O4. The van der Waals surface area contributed by atoms with Crippen LogP contribution in [0.3, 0.4) is 0 Å². The summed E-state index contributed by atoms with van der Waals surface area (Å²) >= 11 is 12.0. The zero-order valence-electron chi connectivity index (χ0n) is 14.6. The molecule has 1 amide bonds.